The maximum Gasteiger partial charge on any atom is 0.246 e. The Labute approximate surface area is 126 Å². The molecule has 0 aromatic carbocycles. The number of rotatable bonds is 6. The summed E-state index contributed by atoms with van der Waals surface area (Å²) in [6.07, 6.45) is 0. The fourth-order valence-corrected chi connectivity index (χ4v) is 4.33. The van der Waals surface area contributed by atoms with Crippen molar-refractivity contribution in [2.75, 3.05) is 39.4 Å². The quantitative estimate of drug-likeness (QED) is 0.755. The van der Waals surface area contributed by atoms with E-state index in [0.29, 0.717) is 49.1 Å². The average molecular weight is 316 g/mol. The molecule has 0 amide bonds. The molecule has 8 heteroatoms. The normalized spacial score (nSPS) is 17.3. The second-order valence-corrected chi connectivity index (χ2v) is 6.97. The van der Waals surface area contributed by atoms with Crippen molar-refractivity contribution in [2.45, 2.75) is 32.2 Å². The number of ether oxygens (including phenoxy) is 1. The number of nitrogens with one attached hydrogen (secondary N) is 1. The molecule has 1 aliphatic rings. The van der Waals surface area contributed by atoms with E-state index in [1.54, 1.807) is 11.6 Å². The van der Waals surface area contributed by atoms with E-state index in [0.717, 1.165) is 13.1 Å². The summed E-state index contributed by atoms with van der Waals surface area (Å²) in [6.45, 7) is 9.65. The molecule has 1 saturated heterocycles. The van der Waals surface area contributed by atoms with Gasteiger partial charge in [0.15, 0.2) is 0 Å². The van der Waals surface area contributed by atoms with E-state index >= 15 is 0 Å². The summed E-state index contributed by atoms with van der Waals surface area (Å²) in [5.41, 5.74) is 1.27. The third-order valence-electron chi connectivity index (χ3n) is 3.63. The summed E-state index contributed by atoms with van der Waals surface area (Å²) >= 11 is 0. The number of hydrogen-bond donors (Lipinski definition) is 1. The van der Waals surface area contributed by atoms with E-state index in [2.05, 4.69) is 10.4 Å². The van der Waals surface area contributed by atoms with Gasteiger partial charge in [-0.3, -0.25) is 4.68 Å². The SMILES string of the molecule is CCNCCn1nc(C)c(S(=O)(=O)N2CCOCC2)c1C. The maximum atomic E-state index is 12.8. The molecule has 2 rings (SSSR count). The lowest BCUT2D eigenvalue weighted by Gasteiger charge is -2.26. The molecule has 0 radical (unpaired) electrons. The van der Waals surface area contributed by atoms with Crippen molar-refractivity contribution in [3.8, 4) is 0 Å². The second kappa shape index (κ2) is 6.87. The Kier molecular flexibility index (Phi) is 5.37. The van der Waals surface area contributed by atoms with Gasteiger partial charge in [0.1, 0.15) is 4.90 Å². The summed E-state index contributed by atoms with van der Waals surface area (Å²) in [5.74, 6) is 0. The topological polar surface area (TPSA) is 76.5 Å². The summed E-state index contributed by atoms with van der Waals surface area (Å²) < 4.78 is 34.0. The van der Waals surface area contributed by atoms with Gasteiger partial charge in [-0.05, 0) is 20.4 Å². The van der Waals surface area contributed by atoms with Gasteiger partial charge in [-0.25, -0.2) is 8.42 Å². The monoisotopic (exact) mass is 316 g/mol. The number of morpholine rings is 1. The number of nitrogens with zero attached hydrogens (tertiary/aromatic N) is 3. The van der Waals surface area contributed by atoms with Gasteiger partial charge >= 0.3 is 0 Å². The van der Waals surface area contributed by atoms with Crippen molar-refractivity contribution in [3.05, 3.63) is 11.4 Å². The van der Waals surface area contributed by atoms with Crippen LogP contribution in [0.2, 0.25) is 0 Å². The van der Waals surface area contributed by atoms with Crippen LogP contribution in [0.5, 0.6) is 0 Å². The molecule has 1 aliphatic heterocycles. The molecule has 1 aromatic heterocycles. The van der Waals surface area contributed by atoms with Crippen molar-refractivity contribution in [2.24, 2.45) is 0 Å². The maximum absolute atomic E-state index is 12.8. The zero-order valence-electron chi connectivity index (χ0n) is 12.9. The molecule has 120 valence electrons. The number of aromatic nitrogens is 2. The van der Waals surface area contributed by atoms with Gasteiger partial charge in [0, 0.05) is 19.6 Å². The smallest absolute Gasteiger partial charge is 0.246 e. The van der Waals surface area contributed by atoms with Crippen LogP contribution in [-0.2, 0) is 21.3 Å². The first-order chi connectivity index (χ1) is 9.98. The Bertz CT molecular complexity index is 576. The first-order valence-electron chi connectivity index (χ1n) is 7.31. The Morgan fingerprint density at radius 3 is 2.57 bits per heavy atom. The van der Waals surface area contributed by atoms with E-state index < -0.39 is 10.0 Å². The summed E-state index contributed by atoms with van der Waals surface area (Å²) in [4.78, 5) is 0.348. The van der Waals surface area contributed by atoms with E-state index in [-0.39, 0.29) is 0 Å². The highest BCUT2D eigenvalue weighted by molar-refractivity contribution is 7.89. The molecular formula is C13H24N4O3S. The molecule has 0 spiro atoms. The molecule has 0 bridgehead atoms. The summed E-state index contributed by atoms with van der Waals surface area (Å²) in [6, 6.07) is 0. The third kappa shape index (κ3) is 3.45. The molecular weight excluding hydrogens is 292 g/mol. The highest BCUT2D eigenvalue weighted by Crippen LogP contribution is 2.24. The van der Waals surface area contributed by atoms with E-state index in [1.165, 1.54) is 4.31 Å². The lowest BCUT2D eigenvalue weighted by molar-refractivity contribution is 0.0730. The molecule has 0 saturated carbocycles. The highest BCUT2D eigenvalue weighted by Gasteiger charge is 2.31. The average Bonchev–Trinajstić information content (AvgIpc) is 2.75. The molecule has 1 N–H and O–H groups in total. The fourth-order valence-electron chi connectivity index (χ4n) is 2.55. The van der Waals surface area contributed by atoms with Crippen LogP contribution in [0.4, 0.5) is 0 Å². The Hall–Kier alpha value is -0.960. The van der Waals surface area contributed by atoms with E-state index in [4.69, 9.17) is 4.74 Å². The minimum absolute atomic E-state index is 0.348. The molecule has 0 unspecified atom stereocenters. The van der Waals surface area contributed by atoms with Crippen molar-refractivity contribution in [1.82, 2.24) is 19.4 Å². The minimum atomic E-state index is -3.48. The van der Waals surface area contributed by atoms with Crippen LogP contribution < -0.4 is 5.32 Å². The molecule has 2 heterocycles. The zero-order valence-corrected chi connectivity index (χ0v) is 13.7. The highest BCUT2D eigenvalue weighted by atomic mass is 32.2. The standard InChI is InChI=1S/C13H24N4O3S/c1-4-14-5-6-17-12(3)13(11(2)15-17)21(18,19)16-7-9-20-10-8-16/h14H,4-10H2,1-3H3. The van der Waals surface area contributed by atoms with Gasteiger partial charge in [0.05, 0.1) is 31.1 Å². The molecule has 1 aromatic rings. The largest absolute Gasteiger partial charge is 0.379 e. The lowest BCUT2D eigenvalue weighted by atomic mass is 10.4. The van der Waals surface area contributed by atoms with Gasteiger partial charge in [0.2, 0.25) is 10.0 Å². The molecule has 0 atom stereocenters. The van der Waals surface area contributed by atoms with Crippen molar-refractivity contribution < 1.29 is 13.2 Å². The second-order valence-electron chi connectivity index (χ2n) is 5.09. The van der Waals surface area contributed by atoms with Crippen molar-refractivity contribution >= 4 is 10.0 Å². The van der Waals surface area contributed by atoms with Crippen molar-refractivity contribution in [1.29, 1.82) is 0 Å². The molecule has 1 fully saturated rings. The van der Waals surface area contributed by atoms with E-state index in [9.17, 15) is 8.42 Å². The number of likely N-dealkylation sites (N-methyl/N-ethyl adjacent to an activating group) is 1. The predicted molar refractivity (Wildman–Crippen MR) is 79.8 cm³/mol. The lowest BCUT2D eigenvalue weighted by Crippen LogP contribution is -2.41. The van der Waals surface area contributed by atoms with Crippen LogP contribution in [0.15, 0.2) is 4.90 Å². The zero-order chi connectivity index (χ0) is 15.5. The molecule has 7 nitrogen and oxygen atoms in total. The van der Waals surface area contributed by atoms with Crippen LogP contribution in [0.3, 0.4) is 0 Å². The van der Waals surface area contributed by atoms with Crippen molar-refractivity contribution in [3.63, 3.8) is 0 Å². The summed E-state index contributed by atoms with van der Waals surface area (Å²) in [7, 11) is -3.48. The first-order valence-corrected chi connectivity index (χ1v) is 8.75. The van der Waals surface area contributed by atoms with Crippen LogP contribution >= 0.6 is 0 Å². The fraction of sp³-hybridized carbons (Fsp3) is 0.769. The van der Waals surface area contributed by atoms with Crippen LogP contribution in [0.25, 0.3) is 0 Å². The third-order valence-corrected chi connectivity index (χ3v) is 5.79. The minimum Gasteiger partial charge on any atom is -0.379 e. The van der Waals surface area contributed by atoms with Crippen LogP contribution in [0.1, 0.15) is 18.3 Å². The Morgan fingerprint density at radius 2 is 1.95 bits per heavy atom. The van der Waals surface area contributed by atoms with Gasteiger partial charge < -0.3 is 10.1 Å². The van der Waals surface area contributed by atoms with Gasteiger partial charge in [-0.2, -0.15) is 9.40 Å². The Morgan fingerprint density at radius 1 is 1.29 bits per heavy atom. The van der Waals surface area contributed by atoms with Crippen LogP contribution in [-0.4, -0.2) is 61.9 Å². The number of hydrogen-bond acceptors (Lipinski definition) is 5. The van der Waals surface area contributed by atoms with E-state index in [1.807, 2.05) is 13.8 Å². The number of aryl methyl sites for hydroxylation is 1. The molecule has 0 aliphatic carbocycles. The van der Waals surface area contributed by atoms with Gasteiger partial charge in [-0.15, -0.1) is 0 Å². The molecule has 21 heavy (non-hydrogen) atoms. The summed E-state index contributed by atoms with van der Waals surface area (Å²) in [5, 5.41) is 7.60. The Balaban J connectivity index is 2.26. The van der Waals surface area contributed by atoms with Crippen LogP contribution in [0, 0.1) is 13.8 Å². The first kappa shape index (κ1) is 16.4. The van der Waals surface area contributed by atoms with Gasteiger partial charge in [-0.1, -0.05) is 6.92 Å². The predicted octanol–water partition coefficient (Wildman–Crippen LogP) is 0.130. The number of sulfonamides is 1. The van der Waals surface area contributed by atoms with Gasteiger partial charge in [0.25, 0.3) is 0 Å².